The third kappa shape index (κ3) is 5.66. The van der Waals surface area contributed by atoms with Gasteiger partial charge in [-0.05, 0) is 81.5 Å². The standard InChI is InChI=1S/C28H30N4O4S/c1-18-13-19(2)25(20(3)14-18)10-11-26-27(21(4)31-36-26)37(34,35)32-12-6-8-23(17-32)28(33)30-24-9-5-7-22(15-24)16-29/h5,7,9-11,13-15,23H,6,8,12,17H2,1-4H3,(H,30,33)/b11-10+/t23-/m1/s1. The third-order valence-electron chi connectivity index (χ3n) is 6.58. The second kappa shape index (κ2) is 10.7. The Morgan fingerprint density at radius 3 is 2.59 bits per heavy atom. The Morgan fingerprint density at radius 1 is 1.16 bits per heavy atom. The van der Waals surface area contributed by atoms with Crippen molar-refractivity contribution in [2.75, 3.05) is 18.4 Å². The van der Waals surface area contributed by atoms with Crippen LogP contribution in [-0.2, 0) is 14.8 Å². The van der Waals surface area contributed by atoms with Crippen LogP contribution in [0.4, 0.5) is 5.69 Å². The second-order valence-corrected chi connectivity index (χ2v) is 11.4. The number of sulfonamides is 1. The van der Waals surface area contributed by atoms with Crippen LogP contribution in [-0.4, -0.2) is 36.9 Å². The highest BCUT2D eigenvalue weighted by Crippen LogP contribution is 2.30. The van der Waals surface area contributed by atoms with Crippen molar-refractivity contribution in [3.63, 3.8) is 0 Å². The van der Waals surface area contributed by atoms with E-state index in [1.54, 1.807) is 37.3 Å². The van der Waals surface area contributed by atoms with Crippen molar-refractivity contribution < 1.29 is 17.7 Å². The van der Waals surface area contributed by atoms with Crippen LogP contribution < -0.4 is 5.32 Å². The summed E-state index contributed by atoms with van der Waals surface area (Å²) in [5, 5.41) is 15.8. The summed E-state index contributed by atoms with van der Waals surface area (Å²) in [6.45, 7) is 8.02. The van der Waals surface area contributed by atoms with Crippen molar-refractivity contribution >= 4 is 33.8 Å². The fourth-order valence-electron chi connectivity index (χ4n) is 4.83. The number of nitrogens with zero attached hydrogens (tertiary/aromatic N) is 3. The Morgan fingerprint density at radius 2 is 1.89 bits per heavy atom. The zero-order valence-electron chi connectivity index (χ0n) is 21.4. The number of hydrogen-bond donors (Lipinski definition) is 1. The Hall–Kier alpha value is -3.74. The molecule has 1 atom stereocenters. The monoisotopic (exact) mass is 518 g/mol. The maximum absolute atomic E-state index is 13.7. The Balaban J connectivity index is 1.56. The van der Waals surface area contributed by atoms with Crippen molar-refractivity contribution in [1.82, 2.24) is 9.46 Å². The van der Waals surface area contributed by atoms with Crippen LogP contribution >= 0.6 is 0 Å². The van der Waals surface area contributed by atoms with E-state index >= 15 is 0 Å². The molecule has 1 N–H and O–H groups in total. The van der Waals surface area contributed by atoms with Gasteiger partial charge < -0.3 is 9.84 Å². The number of anilines is 1. The maximum Gasteiger partial charge on any atom is 0.248 e. The molecule has 9 heteroatoms. The molecule has 0 saturated carbocycles. The SMILES string of the molecule is Cc1cc(C)c(/C=C/c2onc(C)c2S(=O)(=O)N2CCC[C@@H](C(=O)Nc3cccc(C#N)c3)C2)c(C)c1. The van der Waals surface area contributed by atoms with Gasteiger partial charge in [0.25, 0.3) is 0 Å². The molecule has 192 valence electrons. The van der Waals surface area contributed by atoms with Gasteiger partial charge in [-0.25, -0.2) is 8.42 Å². The first-order valence-corrected chi connectivity index (χ1v) is 13.6. The zero-order chi connectivity index (χ0) is 26.7. The normalized spacial score (nSPS) is 16.6. The lowest BCUT2D eigenvalue weighted by atomic mass is 9.98. The second-order valence-electron chi connectivity index (χ2n) is 9.49. The first kappa shape index (κ1) is 26.3. The summed E-state index contributed by atoms with van der Waals surface area (Å²) in [6.07, 6.45) is 4.61. The predicted molar refractivity (Wildman–Crippen MR) is 142 cm³/mol. The fraction of sp³-hybridized carbons (Fsp3) is 0.321. The van der Waals surface area contributed by atoms with Crippen molar-refractivity contribution in [2.24, 2.45) is 5.92 Å². The van der Waals surface area contributed by atoms with Gasteiger partial charge in [-0.15, -0.1) is 0 Å². The number of nitrogens with one attached hydrogen (secondary N) is 1. The molecule has 4 rings (SSSR count). The highest BCUT2D eigenvalue weighted by atomic mass is 32.2. The molecule has 1 aliphatic rings. The van der Waals surface area contributed by atoms with Gasteiger partial charge in [0.1, 0.15) is 5.69 Å². The summed E-state index contributed by atoms with van der Waals surface area (Å²) in [5.41, 5.74) is 5.54. The Kier molecular flexibility index (Phi) is 7.62. The minimum absolute atomic E-state index is 0.0222. The molecule has 0 aliphatic carbocycles. The lowest BCUT2D eigenvalue weighted by molar-refractivity contribution is -0.120. The van der Waals surface area contributed by atoms with Crippen LogP contribution in [0.1, 0.15) is 52.1 Å². The van der Waals surface area contributed by atoms with E-state index in [9.17, 15) is 13.2 Å². The molecule has 0 unspecified atom stereocenters. The molecule has 1 saturated heterocycles. The number of piperidine rings is 1. The first-order valence-electron chi connectivity index (χ1n) is 12.1. The lowest BCUT2D eigenvalue weighted by Gasteiger charge is -2.31. The smallest absolute Gasteiger partial charge is 0.248 e. The van der Waals surface area contributed by atoms with E-state index in [-0.39, 0.29) is 28.8 Å². The van der Waals surface area contributed by atoms with E-state index in [1.807, 2.05) is 32.9 Å². The molecule has 0 radical (unpaired) electrons. The average Bonchev–Trinajstić information content (AvgIpc) is 3.24. The number of hydrogen-bond acceptors (Lipinski definition) is 6. The quantitative estimate of drug-likeness (QED) is 0.491. The largest absolute Gasteiger partial charge is 0.355 e. The van der Waals surface area contributed by atoms with Crippen LogP contribution in [0, 0.1) is 44.9 Å². The molecular formula is C28H30N4O4S. The van der Waals surface area contributed by atoms with E-state index < -0.39 is 15.9 Å². The predicted octanol–water partition coefficient (Wildman–Crippen LogP) is 4.99. The minimum atomic E-state index is -3.96. The summed E-state index contributed by atoms with van der Waals surface area (Å²) >= 11 is 0. The lowest BCUT2D eigenvalue weighted by Crippen LogP contribution is -2.43. The first-order chi connectivity index (χ1) is 17.6. The average molecular weight is 519 g/mol. The maximum atomic E-state index is 13.7. The van der Waals surface area contributed by atoms with Gasteiger partial charge in [0, 0.05) is 18.8 Å². The molecule has 1 aromatic heterocycles. The zero-order valence-corrected chi connectivity index (χ0v) is 22.2. The number of benzene rings is 2. The van der Waals surface area contributed by atoms with Crippen LogP contribution in [0.15, 0.2) is 45.8 Å². The van der Waals surface area contributed by atoms with Gasteiger partial charge in [0.2, 0.25) is 15.9 Å². The number of aromatic nitrogens is 1. The molecule has 2 aromatic carbocycles. The fourth-order valence-corrected chi connectivity index (χ4v) is 6.60. The van der Waals surface area contributed by atoms with Gasteiger partial charge in [-0.2, -0.15) is 9.57 Å². The Labute approximate surface area is 217 Å². The van der Waals surface area contributed by atoms with Crippen molar-refractivity contribution in [2.45, 2.75) is 45.4 Å². The van der Waals surface area contributed by atoms with Gasteiger partial charge >= 0.3 is 0 Å². The topological polar surface area (TPSA) is 116 Å². The van der Waals surface area contributed by atoms with E-state index in [0.717, 1.165) is 22.3 Å². The van der Waals surface area contributed by atoms with Crippen LogP contribution in [0.25, 0.3) is 12.2 Å². The van der Waals surface area contributed by atoms with Crippen molar-refractivity contribution in [3.8, 4) is 6.07 Å². The van der Waals surface area contributed by atoms with Crippen molar-refractivity contribution in [1.29, 1.82) is 5.26 Å². The minimum Gasteiger partial charge on any atom is -0.355 e. The summed E-state index contributed by atoms with van der Waals surface area (Å²) in [4.78, 5) is 13.0. The van der Waals surface area contributed by atoms with Crippen LogP contribution in [0.3, 0.4) is 0 Å². The highest BCUT2D eigenvalue weighted by molar-refractivity contribution is 7.89. The number of aryl methyl sites for hydroxylation is 4. The molecule has 37 heavy (non-hydrogen) atoms. The van der Waals surface area contributed by atoms with Gasteiger partial charge in [-0.3, -0.25) is 4.79 Å². The number of nitriles is 1. The number of carbonyl (C=O) groups excluding carboxylic acids is 1. The van der Waals surface area contributed by atoms with Gasteiger partial charge in [-0.1, -0.05) is 35.0 Å². The Bertz CT molecular complexity index is 1490. The van der Waals surface area contributed by atoms with E-state index in [4.69, 9.17) is 9.78 Å². The number of rotatable bonds is 6. The molecule has 8 nitrogen and oxygen atoms in total. The summed E-state index contributed by atoms with van der Waals surface area (Å²) < 4.78 is 34.2. The van der Waals surface area contributed by atoms with Gasteiger partial charge in [0.05, 0.1) is 17.6 Å². The van der Waals surface area contributed by atoms with Crippen molar-refractivity contribution in [3.05, 3.63) is 75.7 Å². The van der Waals surface area contributed by atoms with E-state index in [2.05, 4.69) is 22.6 Å². The molecular weight excluding hydrogens is 488 g/mol. The third-order valence-corrected chi connectivity index (χ3v) is 8.61. The summed E-state index contributed by atoms with van der Waals surface area (Å²) in [7, 11) is -3.96. The molecule has 1 fully saturated rings. The van der Waals surface area contributed by atoms with Crippen LogP contribution in [0.5, 0.6) is 0 Å². The molecule has 1 aliphatic heterocycles. The molecule has 0 spiro atoms. The van der Waals surface area contributed by atoms with E-state index in [1.165, 1.54) is 4.31 Å². The van der Waals surface area contributed by atoms with Crippen LogP contribution in [0.2, 0.25) is 0 Å². The molecule has 2 heterocycles. The number of carbonyl (C=O) groups is 1. The molecule has 0 bridgehead atoms. The highest BCUT2D eigenvalue weighted by Gasteiger charge is 2.37. The van der Waals surface area contributed by atoms with E-state index in [0.29, 0.717) is 30.6 Å². The molecule has 3 aromatic rings. The van der Waals surface area contributed by atoms with Gasteiger partial charge in [0.15, 0.2) is 10.7 Å². The molecule has 1 amide bonds. The summed E-state index contributed by atoms with van der Waals surface area (Å²) in [6, 6.07) is 12.8. The number of amides is 1. The summed E-state index contributed by atoms with van der Waals surface area (Å²) in [5.74, 6) is -0.634.